The molecule has 0 aliphatic carbocycles. The van der Waals surface area contributed by atoms with Gasteiger partial charge in [-0.25, -0.2) is 0 Å². The first kappa shape index (κ1) is 8.53. The third kappa shape index (κ3) is 2.19. The summed E-state index contributed by atoms with van der Waals surface area (Å²) in [5.74, 6) is 0.298. The molecule has 1 atom stereocenters. The Kier molecular flexibility index (Phi) is 2.88. The highest BCUT2D eigenvalue weighted by Gasteiger charge is 2.17. The third-order valence-electron chi connectivity index (χ3n) is 2.39. The predicted octanol–water partition coefficient (Wildman–Crippen LogP) is 0.797. The lowest BCUT2D eigenvalue weighted by Gasteiger charge is -2.31. The molecule has 0 aromatic carbocycles. The maximum atomic E-state index is 7.27. The molecule has 0 saturated carbocycles. The van der Waals surface area contributed by atoms with Gasteiger partial charge in [0.1, 0.15) is 5.84 Å². The van der Waals surface area contributed by atoms with Crippen LogP contribution in [0.5, 0.6) is 0 Å². The van der Waals surface area contributed by atoms with Crippen molar-refractivity contribution in [3.05, 3.63) is 0 Å². The quantitative estimate of drug-likeness (QED) is 0.457. The second kappa shape index (κ2) is 3.72. The van der Waals surface area contributed by atoms with Crippen molar-refractivity contribution in [2.75, 3.05) is 13.1 Å². The Morgan fingerprint density at radius 3 is 2.36 bits per heavy atom. The van der Waals surface area contributed by atoms with Crippen molar-refractivity contribution >= 4 is 5.84 Å². The molecule has 3 nitrogen and oxygen atoms in total. The first-order valence-corrected chi connectivity index (χ1v) is 4.30. The molecule has 1 unspecified atom stereocenters. The average molecular weight is 155 g/mol. The summed E-state index contributed by atoms with van der Waals surface area (Å²) < 4.78 is 0. The van der Waals surface area contributed by atoms with Crippen LogP contribution in [0.1, 0.15) is 26.2 Å². The summed E-state index contributed by atoms with van der Waals surface area (Å²) in [6.07, 6.45) is 3.86. The summed E-state index contributed by atoms with van der Waals surface area (Å²) >= 11 is 0. The van der Waals surface area contributed by atoms with E-state index in [2.05, 4.69) is 4.90 Å². The van der Waals surface area contributed by atoms with Crippen LogP contribution in [0.4, 0.5) is 0 Å². The van der Waals surface area contributed by atoms with Gasteiger partial charge in [0, 0.05) is 0 Å². The van der Waals surface area contributed by atoms with Crippen LogP contribution in [0.25, 0.3) is 0 Å². The van der Waals surface area contributed by atoms with Crippen LogP contribution in [-0.2, 0) is 0 Å². The molecule has 3 N–H and O–H groups in total. The van der Waals surface area contributed by atoms with E-state index in [1.54, 1.807) is 0 Å². The van der Waals surface area contributed by atoms with Gasteiger partial charge < -0.3 is 5.73 Å². The summed E-state index contributed by atoms with van der Waals surface area (Å²) in [5.41, 5.74) is 5.41. The topological polar surface area (TPSA) is 53.1 Å². The number of amidine groups is 1. The van der Waals surface area contributed by atoms with Crippen LogP contribution in [0.3, 0.4) is 0 Å². The lowest BCUT2D eigenvalue weighted by Crippen LogP contribution is -2.44. The number of nitrogens with zero attached hydrogens (tertiary/aromatic N) is 1. The highest BCUT2D eigenvalue weighted by molar-refractivity contribution is 5.82. The summed E-state index contributed by atoms with van der Waals surface area (Å²) in [5, 5.41) is 7.27. The standard InChI is InChI=1S/C8H17N3/c1-7(8(9)10)11-5-3-2-4-6-11/h7H,2-6H2,1H3,(H3,9,10). The van der Waals surface area contributed by atoms with Gasteiger partial charge in [0.15, 0.2) is 0 Å². The van der Waals surface area contributed by atoms with Crippen LogP contribution in [0.15, 0.2) is 0 Å². The molecular formula is C8H17N3. The maximum absolute atomic E-state index is 7.27. The Balaban J connectivity index is 2.38. The van der Waals surface area contributed by atoms with E-state index in [-0.39, 0.29) is 6.04 Å². The zero-order valence-corrected chi connectivity index (χ0v) is 7.14. The van der Waals surface area contributed by atoms with Gasteiger partial charge in [-0.05, 0) is 32.9 Å². The Hall–Kier alpha value is -0.570. The van der Waals surface area contributed by atoms with E-state index in [9.17, 15) is 0 Å². The van der Waals surface area contributed by atoms with Crippen molar-refractivity contribution in [3.63, 3.8) is 0 Å². The number of rotatable bonds is 2. The van der Waals surface area contributed by atoms with E-state index in [4.69, 9.17) is 11.1 Å². The van der Waals surface area contributed by atoms with Gasteiger partial charge in [0.05, 0.1) is 6.04 Å². The van der Waals surface area contributed by atoms with Gasteiger partial charge in [-0.15, -0.1) is 0 Å². The van der Waals surface area contributed by atoms with Crippen molar-refractivity contribution in [1.82, 2.24) is 4.90 Å². The number of hydrogen-bond donors (Lipinski definition) is 2. The summed E-state index contributed by atoms with van der Waals surface area (Å²) in [6.45, 7) is 4.23. The molecule has 3 heteroatoms. The van der Waals surface area contributed by atoms with Gasteiger partial charge >= 0.3 is 0 Å². The molecule has 1 rings (SSSR count). The molecule has 64 valence electrons. The van der Waals surface area contributed by atoms with Gasteiger partial charge in [-0.3, -0.25) is 10.3 Å². The van der Waals surface area contributed by atoms with E-state index < -0.39 is 0 Å². The van der Waals surface area contributed by atoms with Crippen LogP contribution in [0.2, 0.25) is 0 Å². The molecule has 0 aromatic heterocycles. The van der Waals surface area contributed by atoms with Crippen molar-refractivity contribution < 1.29 is 0 Å². The zero-order chi connectivity index (χ0) is 8.27. The van der Waals surface area contributed by atoms with Gasteiger partial charge in [-0.2, -0.15) is 0 Å². The summed E-state index contributed by atoms with van der Waals surface area (Å²) in [7, 11) is 0. The number of nitrogens with two attached hydrogens (primary N) is 1. The van der Waals surface area contributed by atoms with Crippen molar-refractivity contribution in [1.29, 1.82) is 5.41 Å². The highest BCUT2D eigenvalue weighted by Crippen LogP contribution is 2.11. The summed E-state index contributed by atoms with van der Waals surface area (Å²) in [4.78, 5) is 2.28. The van der Waals surface area contributed by atoms with Crippen LogP contribution in [0, 0.1) is 5.41 Å². The van der Waals surface area contributed by atoms with Gasteiger partial charge in [-0.1, -0.05) is 6.42 Å². The number of hydrogen-bond acceptors (Lipinski definition) is 2. The Morgan fingerprint density at radius 2 is 1.91 bits per heavy atom. The molecule has 1 fully saturated rings. The Labute approximate surface area is 68.1 Å². The molecule has 1 aliphatic rings. The molecule has 1 saturated heterocycles. The average Bonchev–Trinajstić information content (AvgIpc) is 2.05. The number of likely N-dealkylation sites (tertiary alicyclic amines) is 1. The van der Waals surface area contributed by atoms with E-state index in [0.717, 1.165) is 13.1 Å². The highest BCUT2D eigenvalue weighted by atomic mass is 15.2. The maximum Gasteiger partial charge on any atom is 0.108 e. The third-order valence-corrected chi connectivity index (χ3v) is 2.39. The SMILES string of the molecule is CC(C(=N)N)N1CCCCC1. The van der Waals surface area contributed by atoms with E-state index in [1.165, 1.54) is 19.3 Å². The van der Waals surface area contributed by atoms with E-state index >= 15 is 0 Å². The molecule has 0 amide bonds. The molecule has 0 radical (unpaired) electrons. The minimum atomic E-state index is 0.148. The van der Waals surface area contributed by atoms with Crippen molar-refractivity contribution in [3.8, 4) is 0 Å². The van der Waals surface area contributed by atoms with Crippen LogP contribution >= 0.6 is 0 Å². The molecular weight excluding hydrogens is 138 g/mol. The second-order valence-electron chi connectivity index (χ2n) is 3.23. The molecule has 0 spiro atoms. The number of piperidine rings is 1. The van der Waals surface area contributed by atoms with Crippen LogP contribution in [-0.4, -0.2) is 29.9 Å². The molecule has 1 heterocycles. The summed E-state index contributed by atoms with van der Waals surface area (Å²) in [6, 6.07) is 0.148. The van der Waals surface area contributed by atoms with E-state index in [1.807, 2.05) is 6.92 Å². The largest absolute Gasteiger partial charge is 0.386 e. The van der Waals surface area contributed by atoms with Gasteiger partial charge in [0.2, 0.25) is 0 Å². The Bertz CT molecular complexity index is 138. The first-order chi connectivity index (χ1) is 5.22. The molecule has 0 aromatic rings. The van der Waals surface area contributed by atoms with Crippen LogP contribution < -0.4 is 5.73 Å². The molecule has 1 aliphatic heterocycles. The number of nitrogens with one attached hydrogen (secondary N) is 1. The van der Waals surface area contributed by atoms with E-state index in [0.29, 0.717) is 5.84 Å². The van der Waals surface area contributed by atoms with Gasteiger partial charge in [0.25, 0.3) is 0 Å². The lowest BCUT2D eigenvalue weighted by molar-refractivity contribution is 0.210. The lowest BCUT2D eigenvalue weighted by atomic mass is 10.1. The fraction of sp³-hybridized carbons (Fsp3) is 0.875. The van der Waals surface area contributed by atoms with Crippen molar-refractivity contribution in [2.45, 2.75) is 32.2 Å². The fourth-order valence-corrected chi connectivity index (χ4v) is 1.50. The molecule has 11 heavy (non-hydrogen) atoms. The monoisotopic (exact) mass is 155 g/mol. The minimum Gasteiger partial charge on any atom is -0.386 e. The zero-order valence-electron chi connectivity index (χ0n) is 7.14. The smallest absolute Gasteiger partial charge is 0.108 e. The Morgan fingerprint density at radius 1 is 1.36 bits per heavy atom. The first-order valence-electron chi connectivity index (χ1n) is 4.30. The minimum absolute atomic E-state index is 0.148. The second-order valence-corrected chi connectivity index (χ2v) is 3.23. The molecule has 0 bridgehead atoms. The van der Waals surface area contributed by atoms with Crippen molar-refractivity contribution in [2.24, 2.45) is 5.73 Å². The fourth-order valence-electron chi connectivity index (χ4n) is 1.50. The predicted molar refractivity (Wildman–Crippen MR) is 46.8 cm³/mol. The normalized spacial score (nSPS) is 23.0.